The Hall–Kier alpha value is -1.58. The molecule has 0 bridgehead atoms. The number of hydrogen-bond donors (Lipinski definition) is 1. The second-order valence-corrected chi connectivity index (χ2v) is 4.85. The molecule has 2 aromatic carbocycles. The average molecular weight is 298 g/mol. The Morgan fingerprint density at radius 2 is 1.79 bits per heavy atom. The first-order valence-electron chi connectivity index (χ1n) is 5.50. The maximum atomic E-state index is 13.6. The number of aryl methyl sites for hydroxylation is 1. The highest BCUT2D eigenvalue weighted by Crippen LogP contribution is 2.30. The molecule has 0 unspecified atom stereocenters. The van der Waals surface area contributed by atoms with Gasteiger partial charge in [-0.25, -0.2) is 4.39 Å². The van der Waals surface area contributed by atoms with Crippen LogP contribution in [0.4, 0.5) is 10.1 Å². The molecule has 0 fully saturated rings. The highest BCUT2D eigenvalue weighted by Gasteiger charge is 2.15. The molecular weight excluding hydrogens is 288 g/mol. The summed E-state index contributed by atoms with van der Waals surface area (Å²) in [6, 6.07) is 9.15. The standard InChI is InChI=1S/C14H10Cl2FNO/c1-8-5-6-12(17)9(7-8)14(19)18-13-10(15)3-2-4-11(13)16/h2-7H,1H3,(H,18,19). The number of anilines is 1. The van der Waals surface area contributed by atoms with Crippen molar-refractivity contribution in [1.29, 1.82) is 0 Å². The SMILES string of the molecule is Cc1ccc(F)c(C(=O)Nc2c(Cl)cccc2Cl)c1. The molecule has 0 aliphatic heterocycles. The first-order valence-corrected chi connectivity index (χ1v) is 6.26. The van der Waals surface area contributed by atoms with Gasteiger partial charge in [-0.15, -0.1) is 0 Å². The maximum absolute atomic E-state index is 13.6. The number of benzene rings is 2. The fraction of sp³-hybridized carbons (Fsp3) is 0.0714. The molecule has 0 aliphatic carbocycles. The van der Waals surface area contributed by atoms with Gasteiger partial charge < -0.3 is 5.32 Å². The zero-order valence-corrected chi connectivity index (χ0v) is 11.5. The van der Waals surface area contributed by atoms with Crippen LogP contribution in [0.15, 0.2) is 36.4 Å². The quantitative estimate of drug-likeness (QED) is 0.856. The molecule has 0 radical (unpaired) electrons. The number of carbonyl (C=O) groups excluding carboxylic acids is 1. The van der Waals surface area contributed by atoms with Crippen molar-refractivity contribution in [1.82, 2.24) is 0 Å². The smallest absolute Gasteiger partial charge is 0.258 e. The average Bonchev–Trinajstić information content (AvgIpc) is 2.37. The molecule has 1 amide bonds. The molecule has 0 heterocycles. The van der Waals surface area contributed by atoms with Crippen LogP contribution in [0.3, 0.4) is 0 Å². The molecule has 2 aromatic rings. The summed E-state index contributed by atoms with van der Waals surface area (Å²) in [5, 5.41) is 3.12. The van der Waals surface area contributed by atoms with Crippen LogP contribution in [0, 0.1) is 12.7 Å². The summed E-state index contributed by atoms with van der Waals surface area (Å²) in [7, 11) is 0. The number of amides is 1. The predicted molar refractivity (Wildman–Crippen MR) is 75.6 cm³/mol. The minimum absolute atomic E-state index is 0.0454. The molecule has 0 aromatic heterocycles. The molecule has 5 heteroatoms. The Morgan fingerprint density at radius 3 is 2.42 bits per heavy atom. The van der Waals surface area contributed by atoms with Gasteiger partial charge in [0.1, 0.15) is 5.82 Å². The first-order chi connectivity index (χ1) is 8.99. The van der Waals surface area contributed by atoms with Crippen LogP contribution in [-0.4, -0.2) is 5.91 Å². The van der Waals surface area contributed by atoms with Crippen LogP contribution in [-0.2, 0) is 0 Å². The van der Waals surface area contributed by atoms with E-state index in [1.807, 2.05) is 0 Å². The van der Waals surface area contributed by atoms with E-state index in [4.69, 9.17) is 23.2 Å². The fourth-order valence-electron chi connectivity index (χ4n) is 1.61. The number of para-hydroxylation sites is 1. The molecule has 2 nitrogen and oxygen atoms in total. The summed E-state index contributed by atoms with van der Waals surface area (Å²) >= 11 is 11.9. The summed E-state index contributed by atoms with van der Waals surface area (Å²) in [5.74, 6) is -1.18. The zero-order chi connectivity index (χ0) is 14.0. The largest absolute Gasteiger partial charge is 0.319 e. The van der Waals surface area contributed by atoms with Gasteiger partial charge in [-0.05, 0) is 31.2 Å². The number of hydrogen-bond acceptors (Lipinski definition) is 1. The Labute approximate surface area is 120 Å². The second kappa shape index (κ2) is 5.59. The minimum Gasteiger partial charge on any atom is -0.319 e. The third-order valence-electron chi connectivity index (χ3n) is 2.57. The summed E-state index contributed by atoms with van der Waals surface area (Å²) in [5.41, 5.74) is 1.02. The molecule has 1 N–H and O–H groups in total. The van der Waals surface area contributed by atoms with E-state index in [1.54, 1.807) is 31.2 Å². The molecule has 0 saturated carbocycles. The second-order valence-electron chi connectivity index (χ2n) is 4.03. The topological polar surface area (TPSA) is 29.1 Å². The molecule has 98 valence electrons. The van der Waals surface area contributed by atoms with Gasteiger partial charge in [0, 0.05) is 0 Å². The van der Waals surface area contributed by atoms with Gasteiger partial charge >= 0.3 is 0 Å². The molecular formula is C14H10Cl2FNO. The van der Waals surface area contributed by atoms with Crippen LogP contribution >= 0.6 is 23.2 Å². The third kappa shape index (κ3) is 3.06. The van der Waals surface area contributed by atoms with Gasteiger partial charge in [0.2, 0.25) is 0 Å². The Morgan fingerprint density at radius 1 is 1.16 bits per heavy atom. The lowest BCUT2D eigenvalue weighted by Crippen LogP contribution is -2.14. The van der Waals surface area contributed by atoms with E-state index in [0.717, 1.165) is 5.56 Å². The van der Waals surface area contributed by atoms with Crippen molar-refractivity contribution in [3.63, 3.8) is 0 Å². The van der Waals surface area contributed by atoms with Gasteiger partial charge in [-0.3, -0.25) is 4.79 Å². The number of halogens is 3. The van der Waals surface area contributed by atoms with Crippen molar-refractivity contribution in [2.24, 2.45) is 0 Å². The summed E-state index contributed by atoms with van der Waals surface area (Å²) in [6.45, 7) is 1.78. The van der Waals surface area contributed by atoms with E-state index < -0.39 is 11.7 Å². The molecule has 0 atom stereocenters. The highest BCUT2D eigenvalue weighted by atomic mass is 35.5. The Bertz CT molecular complexity index is 623. The molecule has 0 spiro atoms. The summed E-state index contributed by atoms with van der Waals surface area (Å²) in [6.07, 6.45) is 0. The summed E-state index contributed by atoms with van der Waals surface area (Å²) in [4.78, 5) is 12.0. The zero-order valence-electron chi connectivity index (χ0n) is 10.0. The van der Waals surface area contributed by atoms with E-state index >= 15 is 0 Å². The van der Waals surface area contributed by atoms with Crippen LogP contribution in [0.25, 0.3) is 0 Å². The number of nitrogens with one attached hydrogen (secondary N) is 1. The van der Waals surface area contributed by atoms with Gasteiger partial charge in [-0.2, -0.15) is 0 Å². The molecule has 19 heavy (non-hydrogen) atoms. The summed E-state index contributed by atoms with van der Waals surface area (Å²) < 4.78 is 13.6. The first kappa shape index (κ1) is 13.8. The predicted octanol–water partition coefficient (Wildman–Crippen LogP) is 4.69. The van der Waals surface area contributed by atoms with E-state index in [9.17, 15) is 9.18 Å². The Balaban J connectivity index is 2.34. The van der Waals surface area contributed by atoms with Crippen LogP contribution < -0.4 is 5.32 Å². The third-order valence-corrected chi connectivity index (χ3v) is 3.20. The van der Waals surface area contributed by atoms with Crippen LogP contribution in [0.1, 0.15) is 15.9 Å². The van der Waals surface area contributed by atoms with E-state index in [2.05, 4.69) is 5.32 Å². The minimum atomic E-state index is -0.591. The fourth-order valence-corrected chi connectivity index (χ4v) is 2.10. The lowest BCUT2D eigenvalue weighted by atomic mass is 10.1. The number of rotatable bonds is 2. The molecule has 0 aliphatic rings. The van der Waals surface area contributed by atoms with Crippen molar-refractivity contribution in [2.45, 2.75) is 6.92 Å². The van der Waals surface area contributed by atoms with E-state index in [0.29, 0.717) is 10.0 Å². The lowest BCUT2D eigenvalue weighted by Gasteiger charge is -2.10. The maximum Gasteiger partial charge on any atom is 0.258 e. The lowest BCUT2D eigenvalue weighted by molar-refractivity contribution is 0.102. The van der Waals surface area contributed by atoms with Crippen molar-refractivity contribution in [2.75, 3.05) is 5.32 Å². The Kier molecular flexibility index (Phi) is 4.08. The monoisotopic (exact) mass is 297 g/mol. The van der Waals surface area contributed by atoms with Crippen molar-refractivity contribution in [3.05, 3.63) is 63.4 Å². The van der Waals surface area contributed by atoms with Crippen molar-refractivity contribution in [3.8, 4) is 0 Å². The van der Waals surface area contributed by atoms with Crippen LogP contribution in [0.2, 0.25) is 10.0 Å². The van der Waals surface area contributed by atoms with E-state index in [-0.39, 0.29) is 11.3 Å². The highest BCUT2D eigenvalue weighted by molar-refractivity contribution is 6.40. The van der Waals surface area contributed by atoms with Gasteiger partial charge in [0.25, 0.3) is 5.91 Å². The van der Waals surface area contributed by atoms with Crippen molar-refractivity contribution < 1.29 is 9.18 Å². The van der Waals surface area contributed by atoms with Crippen LogP contribution in [0.5, 0.6) is 0 Å². The van der Waals surface area contributed by atoms with Gasteiger partial charge in [0.15, 0.2) is 0 Å². The molecule has 2 rings (SSSR count). The van der Waals surface area contributed by atoms with Crippen molar-refractivity contribution >= 4 is 34.8 Å². The van der Waals surface area contributed by atoms with Gasteiger partial charge in [-0.1, -0.05) is 40.9 Å². The normalized spacial score (nSPS) is 10.3. The van der Waals surface area contributed by atoms with E-state index in [1.165, 1.54) is 12.1 Å². The van der Waals surface area contributed by atoms with Gasteiger partial charge in [0.05, 0.1) is 21.3 Å². The number of carbonyl (C=O) groups is 1. The molecule has 0 saturated heterocycles.